The number of hydrogen-bond acceptors (Lipinski definition) is 5. The number of nitrogens with one attached hydrogen (secondary N) is 1. The second-order valence-electron chi connectivity index (χ2n) is 5.78. The SMILES string of the molecule is O=C(c1ccccc1)c1cccc(NC(=O)c2cc(-c3cccs3)on2)c1. The van der Waals surface area contributed by atoms with Gasteiger partial charge in [0.15, 0.2) is 17.2 Å². The van der Waals surface area contributed by atoms with Crippen molar-refractivity contribution in [1.82, 2.24) is 5.16 Å². The number of amides is 1. The zero-order valence-corrected chi connectivity index (χ0v) is 14.9. The molecule has 0 unspecified atom stereocenters. The van der Waals surface area contributed by atoms with Crippen LogP contribution in [-0.4, -0.2) is 16.8 Å². The Balaban J connectivity index is 1.51. The fourth-order valence-corrected chi connectivity index (χ4v) is 3.28. The van der Waals surface area contributed by atoms with Crippen LogP contribution in [0.15, 0.2) is 82.7 Å². The monoisotopic (exact) mass is 374 g/mol. The van der Waals surface area contributed by atoms with E-state index in [-0.39, 0.29) is 11.5 Å². The molecule has 2 aromatic carbocycles. The van der Waals surface area contributed by atoms with Crippen LogP contribution in [0.1, 0.15) is 26.4 Å². The summed E-state index contributed by atoms with van der Waals surface area (Å²) in [4.78, 5) is 25.9. The highest BCUT2D eigenvalue weighted by molar-refractivity contribution is 7.13. The Labute approximate surface area is 159 Å². The minimum absolute atomic E-state index is 0.104. The Hall–Kier alpha value is -3.51. The number of hydrogen-bond donors (Lipinski definition) is 1. The predicted octanol–water partition coefficient (Wildman–Crippen LogP) is 4.89. The molecule has 0 fully saturated rings. The van der Waals surface area contributed by atoms with Gasteiger partial charge in [-0.25, -0.2) is 0 Å². The van der Waals surface area contributed by atoms with Gasteiger partial charge in [0.05, 0.1) is 4.88 Å². The third-order valence-corrected chi connectivity index (χ3v) is 4.81. The van der Waals surface area contributed by atoms with E-state index in [2.05, 4.69) is 10.5 Å². The van der Waals surface area contributed by atoms with E-state index in [0.717, 1.165) is 4.88 Å². The minimum Gasteiger partial charge on any atom is -0.355 e. The number of thiophene rings is 1. The van der Waals surface area contributed by atoms with Crippen LogP contribution in [0.25, 0.3) is 10.6 Å². The van der Waals surface area contributed by atoms with E-state index in [1.807, 2.05) is 35.7 Å². The van der Waals surface area contributed by atoms with E-state index in [1.165, 1.54) is 11.3 Å². The fraction of sp³-hybridized carbons (Fsp3) is 0. The number of carbonyl (C=O) groups excluding carboxylic acids is 2. The number of ketones is 1. The maximum atomic E-state index is 12.6. The lowest BCUT2D eigenvalue weighted by atomic mass is 10.0. The molecule has 0 bridgehead atoms. The normalized spacial score (nSPS) is 10.5. The number of benzene rings is 2. The Bertz CT molecular complexity index is 1090. The summed E-state index contributed by atoms with van der Waals surface area (Å²) in [5.74, 6) is 0.0436. The number of anilines is 1. The van der Waals surface area contributed by atoms with Crippen LogP contribution in [0, 0.1) is 0 Å². The van der Waals surface area contributed by atoms with Gasteiger partial charge in [-0.2, -0.15) is 0 Å². The van der Waals surface area contributed by atoms with E-state index in [4.69, 9.17) is 4.52 Å². The molecule has 0 spiro atoms. The summed E-state index contributed by atoms with van der Waals surface area (Å²) in [7, 11) is 0. The molecule has 6 heteroatoms. The average Bonchev–Trinajstić information content (AvgIpc) is 3.40. The number of nitrogens with zero attached hydrogens (tertiary/aromatic N) is 1. The molecule has 0 aliphatic rings. The number of rotatable bonds is 5. The molecule has 0 aliphatic carbocycles. The van der Waals surface area contributed by atoms with Crippen LogP contribution in [0.4, 0.5) is 5.69 Å². The molecule has 1 amide bonds. The first-order valence-electron chi connectivity index (χ1n) is 8.22. The first-order valence-corrected chi connectivity index (χ1v) is 9.10. The summed E-state index contributed by atoms with van der Waals surface area (Å²) < 4.78 is 5.23. The molecule has 4 aromatic rings. The fourth-order valence-electron chi connectivity index (χ4n) is 2.61. The van der Waals surface area contributed by atoms with E-state index < -0.39 is 5.91 Å². The second kappa shape index (κ2) is 7.39. The predicted molar refractivity (Wildman–Crippen MR) is 104 cm³/mol. The van der Waals surface area contributed by atoms with Gasteiger partial charge < -0.3 is 9.84 Å². The molecule has 27 heavy (non-hydrogen) atoms. The summed E-state index contributed by atoms with van der Waals surface area (Å²) in [6.45, 7) is 0. The van der Waals surface area contributed by atoms with Crippen LogP contribution >= 0.6 is 11.3 Å². The molecule has 0 saturated carbocycles. The lowest BCUT2D eigenvalue weighted by Crippen LogP contribution is -2.12. The van der Waals surface area contributed by atoms with Crippen molar-refractivity contribution in [1.29, 1.82) is 0 Å². The van der Waals surface area contributed by atoms with Gasteiger partial charge in [0.2, 0.25) is 0 Å². The van der Waals surface area contributed by atoms with Crippen molar-refractivity contribution in [2.24, 2.45) is 0 Å². The standard InChI is InChI=1S/C21H14N2O3S/c24-20(14-6-2-1-3-7-14)15-8-4-9-16(12-15)22-21(25)17-13-18(26-23-17)19-10-5-11-27-19/h1-13H,(H,22,25). The molecule has 1 N–H and O–H groups in total. The van der Waals surface area contributed by atoms with Crippen LogP contribution in [0.2, 0.25) is 0 Å². The minimum atomic E-state index is -0.397. The highest BCUT2D eigenvalue weighted by Gasteiger charge is 2.15. The van der Waals surface area contributed by atoms with Crippen molar-refractivity contribution in [3.05, 3.63) is 95.0 Å². The molecular formula is C21H14N2O3S. The first-order chi connectivity index (χ1) is 13.2. The van der Waals surface area contributed by atoms with Crippen molar-refractivity contribution in [3.8, 4) is 10.6 Å². The van der Waals surface area contributed by atoms with E-state index in [0.29, 0.717) is 22.6 Å². The van der Waals surface area contributed by atoms with Crippen molar-refractivity contribution in [2.45, 2.75) is 0 Å². The molecule has 132 valence electrons. The molecule has 0 atom stereocenters. The number of carbonyl (C=O) groups is 2. The third kappa shape index (κ3) is 3.70. The lowest BCUT2D eigenvalue weighted by molar-refractivity contribution is 0.101. The maximum Gasteiger partial charge on any atom is 0.277 e. The van der Waals surface area contributed by atoms with Crippen LogP contribution in [0.3, 0.4) is 0 Å². The molecular weight excluding hydrogens is 360 g/mol. The van der Waals surface area contributed by atoms with Crippen molar-refractivity contribution in [2.75, 3.05) is 5.32 Å². The van der Waals surface area contributed by atoms with Gasteiger partial charge in [0.25, 0.3) is 5.91 Å². The van der Waals surface area contributed by atoms with E-state index in [9.17, 15) is 9.59 Å². The summed E-state index contributed by atoms with van der Waals surface area (Å²) in [6.07, 6.45) is 0. The van der Waals surface area contributed by atoms with Gasteiger partial charge in [-0.1, -0.05) is 53.7 Å². The van der Waals surface area contributed by atoms with E-state index in [1.54, 1.807) is 42.5 Å². The summed E-state index contributed by atoms with van der Waals surface area (Å²) in [5.41, 5.74) is 1.79. The van der Waals surface area contributed by atoms with Gasteiger partial charge >= 0.3 is 0 Å². The van der Waals surface area contributed by atoms with Gasteiger partial charge in [0.1, 0.15) is 0 Å². The average molecular weight is 374 g/mol. The highest BCUT2D eigenvalue weighted by atomic mass is 32.1. The zero-order valence-electron chi connectivity index (χ0n) is 14.1. The van der Waals surface area contributed by atoms with Gasteiger partial charge in [0, 0.05) is 22.9 Å². The Kier molecular flexibility index (Phi) is 4.63. The maximum absolute atomic E-state index is 12.6. The molecule has 2 aromatic heterocycles. The topological polar surface area (TPSA) is 72.2 Å². The lowest BCUT2D eigenvalue weighted by Gasteiger charge is -2.06. The quantitative estimate of drug-likeness (QED) is 0.505. The Morgan fingerprint density at radius 3 is 2.48 bits per heavy atom. The molecule has 0 saturated heterocycles. The Morgan fingerprint density at radius 1 is 0.889 bits per heavy atom. The third-order valence-electron chi connectivity index (χ3n) is 3.93. The van der Waals surface area contributed by atoms with Gasteiger partial charge in [-0.3, -0.25) is 9.59 Å². The molecule has 5 nitrogen and oxygen atoms in total. The summed E-state index contributed by atoms with van der Waals surface area (Å²) in [6, 6.07) is 21.2. The van der Waals surface area contributed by atoms with Crippen LogP contribution < -0.4 is 5.32 Å². The van der Waals surface area contributed by atoms with E-state index >= 15 is 0 Å². The summed E-state index contributed by atoms with van der Waals surface area (Å²) >= 11 is 1.51. The van der Waals surface area contributed by atoms with Crippen molar-refractivity contribution < 1.29 is 14.1 Å². The second-order valence-corrected chi connectivity index (χ2v) is 6.73. The highest BCUT2D eigenvalue weighted by Crippen LogP contribution is 2.25. The van der Waals surface area contributed by atoms with Crippen molar-refractivity contribution in [3.63, 3.8) is 0 Å². The zero-order chi connectivity index (χ0) is 18.6. The van der Waals surface area contributed by atoms with Gasteiger partial charge in [-0.05, 0) is 23.6 Å². The van der Waals surface area contributed by atoms with Crippen LogP contribution in [0.5, 0.6) is 0 Å². The molecule has 0 aliphatic heterocycles. The number of aromatic nitrogens is 1. The molecule has 2 heterocycles. The van der Waals surface area contributed by atoms with Crippen LogP contribution in [-0.2, 0) is 0 Å². The van der Waals surface area contributed by atoms with Crippen molar-refractivity contribution >= 4 is 28.7 Å². The first kappa shape index (κ1) is 16.9. The Morgan fingerprint density at radius 2 is 1.70 bits per heavy atom. The largest absolute Gasteiger partial charge is 0.355 e. The van der Waals surface area contributed by atoms with Gasteiger partial charge in [-0.15, -0.1) is 11.3 Å². The molecule has 0 radical (unpaired) electrons. The summed E-state index contributed by atoms with van der Waals surface area (Å²) in [5, 5.41) is 8.50. The molecule has 4 rings (SSSR count). The smallest absolute Gasteiger partial charge is 0.277 e.